The average Bonchev–Trinajstić information content (AvgIpc) is 3.37. The quantitative estimate of drug-likeness (QED) is 0.154. The summed E-state index contributed by atoms with van der Waals surface area (Å²) < 4.78 is 13.3. The van der Waals surface area contributed by atoms with Crippen molar-refractivity contribution >= 4 is 35.3 Å². The number of allylic oxidation sites excluding steroid dienone is 1. The second kappa shape index (κ2) is 12.6. The summed E-state index contributed by atoms with van der Waals surface area (Å²) in [5.41, 5.74) is 5.54. The topological polar surface area (TPSA) is 78.3 Å². The number of carbonyl (C=O) groups excluding carboxylic acids is 1. The average molecular weight is 603 g/mol. The molecule has 0 aliphatic carbocycles. The van der Waals surface area contributed by atoms with Crippen molar-refractivity contribution in [3.63, 3.8) is 0 Å². The number of thioether (sulfide) groups is 1. The SMILES string of the molecule is CCOC(=O)C1=C(C)Nc2nc(SCc3ccccc3Cl)nn2C1c1ccc(OCc2ccc(C(C)(C)C)cc2)cc1. The maximum absolute atomic E-state index is 13.1. The van der Waals surface area contributed by atoms with Crippen LogP contribution in [0.2, 0.25) is 5.02 Å². The van der Waals surface area contributed by atoms with E-state index in [1.54, 1.807) is 11.6 Å². The molecular weight excluding hydrogens is 568 g/mol. The zero-order valence-electron chi connectivity index (χ0n) is 24.5. The van der Waals surface area contributed by atoms with Crippen molar-refractivity contribution in [2.24, 2.45) is 0 Å². The highest BCUT2D eigenvalue weighted by Crippen LogP contribution is 2.38. The van der Waals surface area contributed by atoms with E-state index in [1.165, 1.54) is 17.3 Å². The fraction of sp³-hybridized carbons (Fsp3) is 0.303. The minimum absolute atomic E-state index is 0.109. The third-order valence-corrected chi connectivity index (χ3v) is 8.32. The number of nitrogens with zero attached hydrogens (tertiary/aromatic N) is 3. The van der Waals surface area contributed by atoms with Gasteiger partial charge in [0.25, 0.3) is 0 Å². The molecule has 9 heteroatoms. The number of anilines is 1. The first-order chi connectivity index (χ1) is 20.1. The lowest BCUT2D eigenvalue weighted by molar-refractivity contribution is -0.139. The van der Waals surface area contributed by atoms with Crippen LogP contribution in [0, 0.1) is 0 Å². The van der Waals surface area contributed by atoms with Crippen LogP contribution in [0.4, 0.5) is 5.95 Å². The van der Waals surface area contributed by atoms with Crippen molar-refractivity contribution < 1.29 is 14.3 Å². The Bertz CT molecular complexity index is 1590. The van der Waals surface area contributed by atoms with E-state index in [2.05, 4.69) is 50.4 Å². The van der Waals surface area contributed by atoms with Crippen LogP contribution >= 0.6 is 23.4 Å². The highest BCUT2D eigenvalue weighted by atomic mass is 35.5. The Balaban J connectivity index is 1.37. The molecule has 1 aliphatic heterocycles. The van der Waals surface area contributed by atoms with Crippen molar-refractivity contribution in [1.29, 1.82) is 0 Å². The van der Waals surface area contributed by atoms with Crippen LogP contribution in [0.1, 0.15) is 62.9 Å². The fourth-order valence-corrected chi connectivity index (χ4v) is 5.86. The molecule has 3 aromatic carbocycles. The van der Waals surface area contributed by atoms with E-state index in [0.29, 0.717) is 39.8 Å². The van der Waals surface area contributed by atoms with Crippen molar-refractivity contribution in [3.05, 3.63) is 111 Å². The highest BCUT2D eigenvalue weighted by Gasteiger charge is 2.35. The lowest BCUT2D eigenvalue weighted by atomic mass is 9.87. The summed E-state index contributed by atoms with van der Waals surface area (Å²) in [7, 11) is 0. The molecular formula is C33H35ClN4O3S. The van der Waals surface area contributed by atoms with Crippen molar-refractivity contribution in [3.8, 4) is 5.75 Å². The van der Waals surface area contributed by atoms with Crippen LogP contribution in [-0.4, -0.2) is 27.3 Å². The summed E-state index contributed by atoms with van der Waals surface area (Å²) in [6, 6.07) is 23.5. The van der Waals surface area contributed by atoms with E-state index in [0.717, 1.165) is 22.4 Å². The zero-order chi connectivity index (χ0) is 29.9. The largest absolute Gasteiger partial charge is 0.489 e. The Hall–Kier alpha value is -3.75. The Morgan fingerprint density at radius 2 is 1.76 bits per heavy atom. The van der Waals surface area contributed by atoms with E-state index in [1.807, 2.05) is 55.5 Å². The number of hydrogen-bond acceptors (Lipinski definition) is 7. The highest BCUT2D eigenvalue weighted by molar-refractivity contribution is 7.98. The van der Waals surface area contributed by atoms with Crippen LogP contribution in [0.25, 0.3) is 0 Å². The lowest BCUT2D eigenvalue weighted by Crippen LogP contribution is -2.29. The Labute approximate surface area is 256 Å². The smallest absolute Gasteiger partial charge is 0.338 e. The Morgan fingerprint density at radius 1 is 1.05 bits per heavy atom. The van der Waals surface area contributed by atoms with E-state index < -0.39 is 12.0 Å². The molecule has 1 atom stereocenters. The molecule has 2 heterocycles. The second-order valence-corrected chi connectivity index (χ2v) is 12.5. The molecule has 4 aromatic rings. The van der Waals surface area contributed by atoms with Crippen LogP contribution in [0.15, 0.2) is 89.2 Å². The van der Waals surface area contributed by atoms with Gasteiger partial charge < -0.3 is 14.8 Å². The van der Waals surface area contributed by atoms with Crippen LogP contribution in [0.5, 0.6) is 5.75 Å². The summed E-state index contributed by atoms with van der Waals surface area (Å²) in [5.74, 6) is 1.53. The fourth-order valence-electron chi connectivity index (χ4n) is 4.75. The molecule has 0 spiro atoms. The minimum Gasteiger partial charge on any atom is -0.489 e. The van der Waals surface area contributed by atoms with Crippen LogP contribution in [-0.2, 0) is 27.3 Å². The van der Waals surface area contributed by atoms with Gasteiger partial charge in [-0.05, 0) is 59.7 Å². The molecule has 0 fully saturated rings. The normalized spacial score (nSPS) is 14.8. The summed E-state index contributed by atoms with van der Waals surface area (Å²) in [6.45, 7) is 11.0. The van der Waals surface area contributed by atoms with E-state index in [9.17, 15) is 4.79 Å². The van der Waals surface area contributed by atoms with Gasteiger partial charge in [0.05, 0.1) is 12.2 Å². The maximum atomic E-state index is 13.1. The molecule has 1 N–H and O–H groups in total. The number of fused-ring (bicyclic) bond motifs is 1. The number of halogens is 1. The Morgan fingerprint density at radius 3 is 2.43 bits per heavy atom. The number of rotatable bonds is 9. The van der Waals surface area contributed by atoms with Crippen LogP contribution < -0.4 is 10.1 Å². The van der Waals surface area contributed by atoms with Gasteiger partial charge >= 0.3 is 5.97 Å². The molecule has 5 rings (SSSR count). The Kier molecular flexibility index (Phi) is 8.94. The first kappa shape index (κ1) is 29.7. The summed E-state index contributed by atoms with van der Waals surface area (Å²) in [5, 5.41) is 9.33. The number of esters is 1. The maximum Gasteiger partial charge on any atom is 0.338 e. The van der Waals surface area contributed by atoms with Gasteiger partial charge in [-0.2, -0.15) is 4.98 Å². The second-order valence-electron chi connectivity index (χ2n) is 11.1. The van der Waals surface area contributed by atoms with Crippen molar-refractivity contribution in [1.82, 2.24) is 14.8 Å². The molecule has 1 aliphatic rings. The van der Waals surface area contributed by atoms with Gasteiger partial charge in [-0.15, -0.1) is 5.10 Å². The number of benzene rings is 3. The number of ether oxygens (including phenoxy) is 2. The predicted molar refractivity (Wildman–Crippen MR) is 168 cm³/mol. The van der Waals surface area contributed by atoms with Gasteiger partial charge in [0.2, 0.25) is 11.1 Å². The molecule has 1 aromatic heterocycles. The van der Waals surface area contributed by atoms with Gasteiger partial charge in [0, 0.05) is 16.5 Å². The number of nitrogens with one attached hydrogen (secondary N) is 1. The van der Waals surface area contributed by atoms with Crippen molar-refractivity contribution in [2.45, 2.75) is 63.6 Å². The standard InChI is InChI=1S/C33H35ClN4O3S/c1-6-40-30(39)28-21(2)35-31-36-32(42-20-24-9-7-8-10-27(24)34)37-38(31)29(28)23-13-17-26(18-14-23)41-19-22-11-15-25(16-12-22)33(3,4)5/h7-18,29H,6,19-20H2,1-5H3,(H,35,36,37). The van der Waals surface area contributed by atoms with Gasteiger partial charge in [-0.1, -0.05) is 98.7 Å². The minimum atomic E-state index is -0.513. The monoisotopic (exact) mass is 602 g/mol. The third kappa shape index (κ3) is 6.66. The summed E-state index contributed by atoms with van der Waals surface area (Å²) in [4.78, 5) is 17.9. The van der Waals surface area contributed by atoms with E-state index >= 15 is 0 Å². The predicted octanol–water partition coefficient (Wildman–Crippen LogP) is 7.95. The summed E-state index contributed by atoms with van der Waals surface area (Å²) >= 11 is 7.84. The molecule has 0 saturated carbocycles. The van der Waals surface area contributed by atoms with Gasteiger partial charge in [0.1, 0.15) is 18.4 Å². The molecule has 1 unspecified atom stereocenters. The van der Waals surface area contributed by atoms with Gasteiger partial charge in [0.15, 0.2) is 0 Å². The molecule has 0 amide bonds. The van der Waals surface area contributed by atoms with E-state index in [4.69, 9.17) is 31.2 Å². The summed E-state index contributed by atoms with van der Waals surface area (Å²) in [6.07, 6.45) is 0. The van der Waals surface area contributed by atoms with Crippen LogP contribution in [0.3, 0.4) is 0 Å². The molecule has 0 radical (unpaired) electrons. The first-order valence-electron chi connectivity index (χ1n) is 13.9. The van der Waals surface area contributed by atoms with E-state index in [-0.39, 0.29) is 12.0 Å². The molecule has 218 valence electrons. The third-order valence-electron chi connectivity index (χ3n) is 7.06. The van der Waals surface area contributed by atoms with Gasteiger partial charge in [-0.25, -0.2) is 9.48 Å². The lowest BCUT2D eigenvalue weighted by Gasteiger charge is -2.28. The number of hydrogen-bond donors (Lipinski definition) is 1. The molecule has 0 saturated heterocycles. The molecule has 7 nitrogen and oxygen atoms in total. The molecule has 42 heavy (non-hydrogen) atoms. The zero-order valence-corrected chi connectivity index (χ0v) is 26.1. The molecule has 0 bridgehead atoms. The first-order valence-corrected chi connectivity index (χ1v) is 15.3. The number of aromatic nitrogens is 3. The van der Waals surface area contributed by atoms with Gasteiger partial charge in [-0.3, -0.25) is 0 Å². The number of carbonyl (C=O) groups is 1. The van der Waals surface area contributed by atoms with Crippen molar-refractivity contribution in [2.75, 3.05) is 11.9 Å².